The molecule has 0 fully saturated rings. The molecule has 0 heterocycles. The Labute approximate surface area is 245 Å². The molecule has 3 rings (SSSR count). The van der Waals surface area contributed by atoms with Crippen molar-refractivity contribution in [2.45, 2.75) is 38.3 Å². The Balaban J connectivity index is 1.66. The van der Waals surface area contributed by atoms with Crippen LogP contribution in [0.15, 0.2) is 91.0 Å². The molecule has 0 aliphatic carbocycles. The first-order valence-corrected chi connectivity index (χ1v) is 17.2. The number of carbonyl (C=O) groups excluding carboxylic acids is 2. The number of ether oxygens (including phenoxy) is 1. The molecular formula is C32H39NO3S3. The summed E-state index contributed by atoms with van der Waals surface area (Å²) in [6.07, 6.45) is 4.39. The average molecular weight is 582 g/mol. The lowest BCUT2D eigenvalue weighted by Crippen LogP contribution is -2.28. The number of hydrogen-bond donors (Lipinski definition) is 1. The fraction of sp³-hybridized carbons (Fsp3) is 0.375. The first-order chi connectivity index (χ1) is 19.0. The second-order valence-electron chi connectivity index (χ2n) is 9.65. The largest absolute Gasteiger partial charge is 0.461 e. The van der Waals surface area contributed by atoms with E-state index in [0.717, 1.165) is 34.6 Å². The van der Waals surface area contributed by atoms with E-state index in [9.17, 15) is 9.59 Å². The van der Waals surface area contributed by atoms with Gasteiger partial charge in [-0.2, -0.15) is 11.8 Å². The molecule has 7 heteroatoms. The van der Waals surface area contributed by atoms with Gasteiger partial charge in [-0.05, 0) is 48.0 Å². The molecule has 0 amide bonds. The van der Waals surface area contributed by atoms with Crippen LogP contribution in [0.4, 0.5) is 0 Å². The van der Waals surface area contributed by atoms with Gasteiger partial charge < -0.3 is 10.5 Å². The summed E-state index contributed by atoms with van der Waals surface area (Å²) in [5.41, 5.74) is 9.32. The van der Waals surface area contributed by atoms with Crippen LogP contribution in [0.5, 0.6) is 0 Å². The number of carbonyl (C=O) groups is 2. The van der Waals surface area contributed by atoms with Gasteiger partial charge in [0.25, 0.3) is 0 Å². The maximum Gasteiger partial charge on any atom is 0.310 e. The number of rotatable bonds is 18. The highest BCUT2D eigenvalue weighted by Crippen LogP contribution is 2.29. The van der Waals surface area contributed by atoms with Gasteiger partial charge in [0.15, 0.2) is 0 Å². The summed E-state index contributed by atoms with van der Waals surface area (Å²) in [5.74, 6) is 1.68. The van der Waals surface area contributed by atoms with E-state index >= 15 is 0 Å². The molecule has 0 aromatic heterocycles. The minimum atomic E-state index is -0.528. The zero-order valence-electron chi connectivity index (χ0n) is 22.6. The van der Waals surface area contributed by atoms with Crippen molar-refractivity contribution in [2.75, 3.05) is 23.5 Å². The van der Waals surface area contributed by atoms with Crippen molar-refractivity contribution in [3.8, 4) is 0 Å². The molecule has 1 unspecified atom stereocenters. The van der Waals surface area contributed by atoms with E-state index in [4.69, 9.17) is 10.5 Å². The highest BCUT2D eigenvalue weighted by atomic mass is 33.1. The second kappa shape index (κ2) is 18.2. The van der Waals surface area contributed by atoms with Crippen LogP contribution in [0.25, 0.3) is 0 Å². The molecule has 0 saturated heterocycles. The first-order valence-electron chi connectivity index (χ1n) is 13.3. The molecule has 39 heavy (non-hydrogen) atoms. The van der Waals surface area contributed by atoms with Crippen molar-refractivity contribution in [2.24, 2.45) is 17.6 Å². The molecule has 2 N–H and O–H groups in total. The first kappa shape index (κ1) is 31.3. The molecule has 0 aliphatic rings. The van der Waals surface area contributed by atoms with Gasteiger partial charge in [0, 0.05) is 29.9 Å². The van der Waals surface area contributed by atoms with Crippen LogP contribution in [0.2, 0.25) is 0 Å². The highest BCUT2D eigenvalue weighted by Gasteiger charge is 2.28. The number of benzene rings is 3. The van der Waals surface area contributed by atoms with E-state index in [-0.39, 0.29) is 36.7 Å². The molecule has 3 aromatic carbocycles. The Morgan fingerprint density at radius 2 is 1.26 bits per heavy atom. The smallest absolute Gasteiger partial charge is 0.310 e. The zero-order valence-corrected chi connectivity index (χ0v) is 25.0. The minimum absolute atomic E-state index is 0.108. The third kappa shape index (κ3) is 12.2. The maximum absolute atomic E-state index is 13.7. The van der Waals surface area contributed by atoms with E-state index in [2.05, 4.69) is 18.4 Å². The fourth-order valence-electron chi connectivity index (χ4n) is 4.18. The highest BCUT2D eigenvalue weighted by molar-refractivity contribution is 8.76. The number of hydrogen-bond acceptors (Lipinski definition) is 7. The summed E-state index contributed by atoms with van der Waals surface area (Å²) in [6, 6.07) is 29.8. The summed E-state index contributed by atoms with van der Waals surface area (Å²) >= 11 is 1.81. The van der Waals surface area contributed by atoms with Crippen LogP contribution in [0, 0.1) is 11.8 Å². The van der Waals surface area contributed by atoms with Crippen molar-refractivity contribution in [3.63, 3.8) is 0 Å². The van der Waals surface area contributed by atoms with Crippen LogP contribution in [-0.4, -0.2) is 41.3 Å². The van der Waals surface area contributed by atoms with E-state index in [0.29, 0.717) is 18.6 Å². The number of Topliss-reactive ketones (excluding diaryl/α,β-unsaturated/α-hetero) is 1. The molecule has 0 bridgehead atoms. The molecule has 0 radical (unpaired) electrons. The van der Waals surface area contributed by atoms with Gasteiger partial charge in [-0.25, -0.2) is 0 Å². The van der Waals surface area contributed by atoms with Crippen molar-refractivity contribution >= 4 is 45.1 Å². The van der Waals surface area contributed by atoms with E-state index in [1.54, 1.807) is 21.6 Å². The summed E-state index contributed by atoms with van der Waals surface area (Å²) in [4.78, 5) is 27.0. The Kier molecular flexibility index (Phi) is 14.6. The molecule has 0 aliphatic heterocycles. The van der Waals surface area contributed by atoms with Gasteiger partial charge >= 0.3 is 5.97 Å². The number of thioether (sulfide) groups is 1. The number of esters is 1. The zero-order chi connectivity index (χ0) is 27.7. The monoisotopic (exact) mass is 581 g/mol. The Bertz CT molecular complexity index is 1100. The van der Waals surface area contributed by atoms with Crippen molar-refractivity contribution in [3.05, 3.63) is 108 Å². The van der Waals surface area contributed by atoms with Crippen molar-refractivity contribution < 1.29 is 14.3 Å². The molecular weight excluding hydrogens is 543 g/mol. The quantitative estimate of drug-likeness (QED) is 0.0999. The second-order valence-corrected chi connectivity index (χ2v) is 13.2. The Hall–Kier alpha value is -2.19. The number of nitrogens with two attached hydrogens (primary N) is 1. The van der Waals surface area contributed by atoms with Gasteiger partial charge in [0.2, 0.25) is 0 Å². The van der Waals surface area contributed by atoms with Gasteiger partial charge in [0.1, 0.15) is 12.4 Å². The normalized spacial score (nSPS) is 13.4. The van der Waals surface area contributed by atoms with Gasteiger partial charge in [-0.15, -0.1) is 0 Å². The van der Waals surface area contributed by atoms with Crippen molar-refractivity contribution in [1.82, 2.24) is 0 Å². The Morgan fingerprint density at radius 1 is 0.744 bits per heavy atom. The minimum Gasteiger partial charge on any atom is -0.461 e. The van der Waals surface area contributed by atoms with Gasteiger partial charge in [-0.3, -0.25) is 9.59 Å². The fourth-order valence-corrected chi connectivity index (χ4v) is 7.31. The summed E-state index contributed by atoms with van der Waals surface area (Å²) in [7, 11) is 3.45. The van der Waals surface area contributed by atoms with Crippen LogP contribution >= 0.6 is 33.3 Å². The maximum atomic E-state index is 13.7. The van der Waals surface area contributed by atoms with Crippen LogP contribution in [-0.2, 0) is 33.8 Å². The van der Waals surface area contributed by atoms with E-state index in [1.807, 2.05) is 90.6 Å². The lowest BCUT2D eigenvalue weighted by molar-refractivity contribution is -0.151. The average Bonchev–Trinajstić information content (AvgIpc) is 2.97. The molecule has 3 aromatic rings. The molecule has 0 saturated carbocycles. The van der Waals surface area contributed by atoms with Crippen LogP contribution in [0.3, 0.4) is 0 Å². The summed E-state index contributed by atoms with van der Waals surface area (Å²) < 4.78 is 5.70. The predicted octanol–water partition coefficient (Wildman–Crippen LogP) is 6.87. The lowest BCUT2D eigenvalue weighted by atomic mass is 9.88. The van der Waals surface area contributed by atoms with E-state index in [1.165, 1.54) is 0 Å². The molecule has 4 nitrogen and oxygen atoms in total. The van der Waals surface area contributed by atoms with Gasteiger partial charge in [0.05, 0.1) is 5.92 Å². The Morgan fingerprint density at radius 3 is 1.82 bits per heavy atom. The topological polar surface area (TPSA) is 69.4 Å². The SMILES string of the molecule is CSCC[C@H](N)CSSCC(Cc1ccccc1)C(=O)C[C@@H](Cc1ccccc1)C(=O)OCc1ccccc1. The predicted molar refractivity (Wildman–Crippen MR) is 169 cm³/mol. The van der Waals surface area contributed by atoms with Crippen LogP contribution < -0.4 is 5.73 Å². The van der Waals surface area contributed by atoms with E-state index < -0.39 is 5.92 Å². The molecule has 208 valence electrons. The standard InChI is InChI=1S/C32H39NO3S3/c1-37-18-17-30(33)24-39-38-23-29(20-26-13-7-3-8-14-26)31(34)21-28(19-25-11-5-2-6-12-25)32(35)36-22-27-15-9-4-10-16-27/h2-16,28-30H,17-24,33H2,1H3/t28-,29?,30+/m1/s1. The lowest BCUT2D eigenvalue weighted by Gasteiger charge is -2.20. The number of ketones is 1. The third-order valence-corrected chi connectivity index (χ3v) is 9.67. The van der Waals surface area contributed by atoms with Crippen LogP contribution in [0.1, 0.15) is 29.5 Å². The third-order valence-electron chi connectivity index (χ3n) is 6.44. The van der Waals surface area contributed by atoms with Crippen molar-refractivity contribution in [1.29, 1.82) is 0 Å². The molecule has 3 atom stereocenters. The summed E-state index contributed by atoms with van der Waals surface area (Å²) in [5, 5.41) is 0. The van der Waals surface area contributed by atoms with Gasteiger partial charge in [-0.1, -0.05) is 113 Å². The summed E-state index contributed by atoms with van der Waals surface area (Å²) in [6.45, 7) is 0.204. The molecule has 0 spiro atoms.